The van der Waals surface area contributed by atoms with Crippen LogP contribution in [0, 0.1) is 23.2 Å². The molecular weight excluding hydrogens is 514 g/mol. The molecule has 39 heavy (non-hydrogen) atoms. The lowest BCUT2D eigenvalue weighted by molar-refractivity contribution is 0.0888. The minimum Gasteiger partial charge on any atom is -0.490 e. The van der Waals surface area contributed by atoms with Gasteiger partial charge in [-0.2, -0.15) is 5.26 Å². The van der Waals surface area contributed by atoms with Crippen LogP contribution in [0.25, 0.3) is 0 Å². The summed E-state index contributed by atoms with van der Waals surface area (Å²) in [7, 11) is 0. The number of nitrogens with one attached hydrogen (secondary N) is 2. The van der Waals surface area contributed by atoms with Gasteiger partial charge in [-0.15, -0.1) is 10.2 Å². The molecule has 0 spiro atoms. The van der Waals surface area contributed by atoms with E-state index in [-0.39, 0.29) is 18.1 Å². The van der Waals surface area contributed by atoms with Crippen LogP contribution in [0.1, 0.15) is 54.6 Å². The summed E-state index contributed by atoms with van der Waals surface area (Å²) in [5.74, 6) is 3.08. The number of carbonyl (C=O) groups excluding carboxylic acids is 1. The van der Waals surface area contributed by atoms with Crippen molar-refractivity contribution in [3.05, 3.63) is 46.6 Å². The van der Waals surface area contributed by atoms with E-state index in [1.807, 2.05) is 6.07 Å². The minimum absolute atomic E-state index is 0.0620. The number of nitriles is 1. The maximum atomic E-state index is 12.8. The normalized spacial score (nSPS) is 29.0. The molecule has 4 fully saturated rings. The van der Waals surface area contributed by atoms with Gasteiger partial charge in [0.05, 0.1) is 16.7 Å². The van der Waals surface area contributed by atoms with E-state index in [0.717, 1.165) is 75.6 Å². The molecule has 1 aromatic heterocycles. The number of hydrogen-bond donors (Lipinski definition) is 2. The fourth-order valence-electron chi connectivity index (χ4n) is 6.80. The van der Waals surface area contributed by atoms with Crippen LogP contribution >= 0.6 is 11.6 Å². The lowest BCUT2D eigenvalue weighted by Gasteiger charge is -2.38. The van der Waals surface area contributed by atoms with Crippen LogP contribution in [-0.2, 0) is 0 Å². The average molecular weight is 550 g/mol. The first-order chi connectivity index (χ1) is 19.1. The molecule has 2 aromatic rings. The van der Waals surface area contributed by atoms with Crippen molar-refractivity contribution in [1.82, 2.24) is 25.7 Å². The number of nitrogens with zero attached hydrogens (tertiary/aromatic N) is 5. The number of benzene rings is 1. The third-order valence-electron chi connectivity index (χ3n) is 9.04. The third-order valence-corrected chi connectivity index (χ3v) is 9.35. The third kappa shape index (κ3) is 5.98. The second-order valence-electron chi connectivity index (χ2n) is 11.4. The Morgan fingerprint density at radius 3 is 2.41 bits per heavy atom. The second kappa shape index (κ2) is 11.7. The Kier molecular flexibility index (Phi) is 7.87. The lowest BCUT2D eigenvalue weighted by Crippen LogP contribution is -2.50. The van der Waals surface area contributed by atoms with Gasteiger partial charge in [0.25, 0.3) is 5.91 Å². The second-order valence-corrected chi connectivity index (χ2v) is 11.8. The van der Waals surface area contributed by atoms with Crippen molar-refractivity contribution < 1.29 is 9.53 Å². The molecule has 2 aliphatic heterocycles. The van der Waals surface area contributed by atoms with E-state index in [9.17, 15) is 4.79 Å². The predicted octanol–water partition coefficient (Wildman–Crippen LogP) is 3.24. The number of fused-ring (bicyclic) bond motifs is 1. The van der Waals surface area contributed by atoms with Gasteiger partial charge in [0, 0.05) is 44.3 Å². The largest absolute Gasteiger partial charge is 0.490 e. The van der Waals surface area contributed by atoms with E-state index in [4.69, 9.17) is 21.6 Å². The van der Waals surface area contributed by atoms with E-state index in [1.165, 1.54) is 25.9 Å². The van der Waals surface area contributed by atoms with E-state index in [0.29, 0.717) is 22.0 Å². The summed E-state index contributed by atoms with van der Waals surface area (Å²) in [5.41, 5.74) is 0.794. The maximum absolute atomic E-state index is 12.8. The van der Waals surface area contributed by atoms with Gasteiger partial charge in [-0.25, -0.2) is 0 Å². The lowest BCUT2D eigenvalue weighted by atomic mass is 9.93. The highest BCUT2D eigenvalue weighted by Crippen LogP contribution is 2.37. The molecule has 2 aliphatic carbocycles. The van der Waals surface area contributed by atoms with E-state index < -0.39 is 0 Å². The Morgan fingerprint density at radius 1 is 1.03 bits per heavy atom. The summed E-state index contributed by atoms with van der Waals surface area (Å²) in [6.07, 6.45) is 6.05. The Hall–Kier alpha value is -2.93. The number of aromatic nitrogens is 2. The summed E-state index contributed by atoms with van der Waals surface area (Å²) in [4.78, 5) is 17.8. The van der Waals surface area contributed by atoms with Crippen LogP contribution in [0.15, 0.2) is 30.3 Å². The molecule has 3 heterocycles. The maximum Gasteiger partial charge on any atom is 0.272 e. The van der Waals surface area contributed by atoms with Crippen LogP contribution in [-0.4, -0.2) is 78.5 Å². The van der Waals surface area contributed by atoms with Gasteiger partial charge < -0.3 is 20.3 Å². The number of halogens is 1. The average Bonchev–Trinajstić information content (AvgIpc) is 3.58. The molecule has 206 valence electrons. The standard InChI is InChI=1S/C29H36ClN7O2/c30-26-15-25(4-1-19(26)16-31)39-24-5-2-22(3-6-24)33-29(38)27-7-8-28(35-34-27)37-11-9-36(10-12-37)23-13-20-17-32-18-21(20)14-23/h1,4,7-8,15,20-24,32H,2-3,5-6,9-14,17-18H2,(H,33,38)/t20-,21+,22-,23+,24-. The Morgan fingerprint density at radius 2 is 1.77 bits per heavy atom. The van der Waals surface area contributed by atoms with E-state index in [2.05, 4.69) is 36.7 Å². The highest BCUT2D eigenvalue weighted by atomic mass is 35.5. The molecule has 2 N–H and O–H groups in total. The van der Waals surface area contributed by atoms with Gasteiger partial charge in [-0.05, 0) is 87.7 Å². The Bertz CT molecular complexity index is 1190. The summed E-state index contributed by atoms with van der Waals surface area (Å²) < 4.78 is 6.06. The van der Waals surface area contributed by atoms with Gasteiger partial charge in [-0.3, -0.25) is 9.69 Å². The smallest absolute Gasteiger partial charge is 0.272 e. The Labute approximate surface area is 234 Å². The monoisotopic (exact) mass is 549 g/mol. The molecule has 1 aromatic carbocycles. The molecule has 0 unspecified atom stereocenters. The number of rotatable bonds is 6. The minimum atomic E-state index is -0.177. The van der Waals surface area contributed by atoms with Crippen LogP contribution in [0.4, 0.5) is 5.82 Å². The number of carbonyl (C=O) groups is 1. The first kappa shape index (κ1) is 26.3. The van der Waals surface area contributed by atoms with Gasteiger partial charge in [-0.1, -0.05) is 11.6 Å². The number of hydrogen-bond acceptors (Lipinski definition) is 8. The number of ether oxygens (including phenoxy) is 1. The zero-order chi connectivity index (χ0) is 26.8. The quantitative estimate of drug-likeness (QED) is 0.565. The summed E-state index contributed by atoms with van der Waals surface area (Å²) in [5, 5.41) is 24.7. The summed E-state index contributed by atoms with van der Waals surface area (Å²) >= 11 is 6.12. The first-order valence-corrected chi connectivity index (χ1v) is 14.6. The highest BCUT2D eigenvalue weighted by Gasteiger charge is 2.40. The Balaban J connectivity index is 0.939. The molecule has 6 rings (SSSR count). The number of anilines is 1. The molecule has 10 heteroatoms. The molecular formula is C29H36ClN7O2. The van der Waals surface area contributed by atoms with Gasteiger partial charge in [0.15, 0.2) is 11.5 Å². The van der Waals surface area contributed by atoms with Crippen LogP contribution in [0.5, 0.6) is 5.75 Å². The van der Waals surface area contributed by atoms with Crippen molar-refractivity contribution in [2.24, 2.45) is 11.8 Å². The van der Waals surface area contributed by atoms with Crippen molar-refractivity contribution in [3.63, 3.8) is 0 Å². The van der Waals surface area contributed by atoms with E-state index >= 15 is 0 Å². The molecule has 1 amide bonds. The molecule has 2 saturated heterocycles. The topological polar surface area (TPSA) is 106 Å². The van der Waals surface area contributed by atoms with Crippen molar-refractivity contribution >= 4 is 23.3 Å². The zero-order valence-electron chi connectivity index (χ0n) is 22.2. The van der Waals surface area contributed by atoms with Gasteiger partial charge in [0.1, 0.15) is 11.8 Å². The fourth-order valence-corrected chi connectivity index (χ4v) is 7.01. The van der Waals surface area contributed by atoms with Crippen molar-refractivity contribution in [2.45, 2.75) is 56.7 Å². The molecule has 3 atom stereocenters. The molecule has 0 radical (unpaired) electrons. The van der Waals surface area contributed by atoms with Gasteiger partial charge in [0.2, 0.25) is 0 Å². The van der Waals surface area contributed by atoms with Crippen molar-refractivity contribution in [1.29, 1.82) is 5.26 Å². The molecule has 0 bridgehead atoms. The summed E-state index contributed by atoms with van der Waals surface area (Å²) in [6, 6.07) is 11.7. The van der Waals surface area contributed by atoms with Crippen LogP contribution < -0.4 is 20.3 Å². The predicted molar refractivity (Wildman–Crippen MR) is 149 cm³/mol. The molecule has 9 nitrogen and oxygen atoms in total. The number of amides is 1. The first-order valence-electron chi connectivity index (χ1n) is 14.3. The highest BCUT2D eigenvalue weighted by molar-refractivity contribution is 6.31. The SMILES string of the molecule is N#Cc1ccc(O[C@H]2CC[C@H](NC(=O)c3ccc(N4CCN([C@@H]5C[C@H]6CNC[C@H]6C5)CC4)nn3)CC2)cc1Cl. The fraction of sp³-hybridized carbons (Fsp3) is 0.586. The van der Waals surface area contributed by atoms with E-state index in [1.54, 1.807) is 24.3 Å². The van der Waals surface area contributed by atoms with Crippen LogP contribution in [0.3, 0.4) is 0 Å². The number of piperazine rings is 1. The molecule has 4 aliphatic rings. The summed E-state index contributed by atoms with van der Waals surface area (Å²) in [6.45, 7) is 6.41. The van der Waals surface area contributed by atoms with Crippen molar-refractivity contribution in [2.75, 3.05) is 44.2 Å². The zero-order valence-corrected chi connectivity index (χ0v) is 22.9. The molecule has 2 saturated carbocycles. The van der Waals surface area contributed by atoms with Gasteiger partial charge >= 0.3 is 0 Å². The van der Waals surface area contributed by atoms with Crippen LogP contribution in [0.2, 0.25) is 5.02 Å². The van der Waals surface area contributed by atoms with Crippen molar-refractivity contribution in [3.8, 4) is 11.8 Å².